The molecule has 1 rings (SSSR count). The number of nitrogens with two attached hydrogens (primary N) is 1. The summed E-state index contributed by atoms with van der Waals surface area (Å²) >= 11 is 0. The number of aromatic nitrogens is 1. The predicted octanol–water partition coefficient (Wildman–Crippen LogP) is 0.296. The van der Waals surface area contributed by atoms with Gasteiger partial charge in [0.15, 0.2) is 0 Å². The highest BCUT2D eigenvalue weighted by Gasteiger charge is 1.94. The number of pyridine rings is 1. The quantitative estimate of drug-likeness (QED) is 0.712. The van der Waals surface area contributed by atoms with Gasteiger partial charge in [0.05, 0.1) is 12.2 Å². The van der Waals surface area contributed by atoms with Gasteiger partial charge in [0.2, 0.25) is 0 Å². The molecule has 0 atom stereocenters. The monoisotopic (exact) mass is 197 g/mol. The molecule has 0 saturated heterocycles. The molecule has 1 aromatic rings. The number of aliphatic carboxylic acids is 1. The maximum Gasteiger partial charge on any atom is 0.317 e. The van der Waals surface area contributed by atoms with Gasteiger partial charge in [-0.15, -0.1) is 0 Å². The first-order valence-corrected chi connectivity index (χ1v) is 4.04. The normalized spacial score (nSPS) is 9.07. The van der Waals surface area contributed by atoms with Crippen molar-refractivity contribution < 1.29 is 9.90 Å². The predicted molar refractivity (Wildman–Crippen MR) is 54.8 cm³/mol. The molecule has 5 heteroatoms. The smallest absolute Gasteiger partial charge is 0.317 e. The van der Waals surface area contributed by atoms with Crippen LogP contribution in [-0.2, 0) is 4.79 Å². The van der Waals surface area contributed by atoms with Crippen molar-refractivity contribution >= 4 is 11.7 Å². The third-order valence-corrected chi connectivity index (χ3v) is 1.14. The fraction of sp³-hybridized carbons (Fsp3) is 0.333. The van der Waals surface area contributed by atoms with Crippen LogP contribution in [0.5, 0.6) is 0 Å². The highest BCUT2D eigenvalue weighted by Crippen LogP contribution is 1.92. The van der Waals surface area contributed by atoms with Crippen molar-refractivity contribution in [3.05, 3.63) is 24.5 Å². The van der Waals surface area contributed by atoms with E-state index in [1.807, 2.05) is 0 Å². The Hall–Kier alpha value is -1.62. The molecule has 0 spiro atoms. The number of hydrogen-bond acceptors (Lipinski definition) is 4. The van der Waals surface area contributed by atoms with Gasteiger partial charge >= 0.3 is 5.97 Å². The minimum absolute atomic E-state index is 0.111. The molecule has 0 bridgehead atoms. The van der Waals surface area contributed by atoms with Gasteiger partial charge in [0.25, 0.3) is 0 Å². The molecule has 0 radical (unpaired) electrons. The minimum atomic E-state index is -0.787. The highest BCUT2D eigenvalue weighted by atomic mass is 16.4. The van der Waals surface area contributed by atoms with Crippen molar-refractivity contribution in [3.8, 4) is 0 Å². The molecule has 1 aromatic heterocycles. The number of anilines is 1. The lowest BCUT2D eigenvalue weighted by Gasteiger charge is -2.01. The van der Waals surface area contributed by atoms with Crippen LogP contribution in [0, 0.1) is 0 Å². The van der Waals surface area contributed by atoms with Gasteiger partial charge < -0.3 is 10.8 Å². The summed E-state index contributed by atoms with van der Waals surface area (Å²) in [5.74, 6) is -0.787. The second-order valence-electron chi connectivity index (χ2n) is 2.92. The summed E-state index contributed by atoms with van der Waals surface area (Å²) < 4.78 is 0. The summed E-state index contributed by atoms with van der Waals surface area (Å²) in [6.07, 6.45) is 3.30. The zero-order chi connectivity index (χ0) is 11.0. The number of carboxylic acid groups (broad SMARTS) is 1. The topological polar surface area (TPSA) is 79.5 Å². The molecule has 0 aliphatic carbocycles. The molecular weight excluding hydrogens is 182 g/mol. The van der Waals surface area contributed by atoms with Crippen molar-refractivity contribution in [2.75, 3.05) is 26.4 Å². The molecule has 0 saturated carbocycles. The second kappa shape index (κ2) is 6.85. The summed E-state index contributed by atoms with van der Waals surface area (Å²) in [7, 11) is 3.43. The van der Waals surface area contributed by atoms with Crippen LogP contribution in [0.1, 0.15) is 0 Å². The van der Waals surface area contributed by atoms with Crippen LogP contribution < -0.4 is 5.73 Å². The van der Waals surface area contributed by atoms with Crippen LogP contribution in [0.4, 0.5) is 5.69 Å². The molecule has 78 valence electrons. The highest BCUT2D eigenvalue weighted by molar-refractivity contribution is 5.68. The van der Waals surface area contributed by atoms with E-state index in [0.717, 1.165) is 0 Å². The van der Waals surface area contributed by atoms with Gasteiger partial charge in [0, 0.05) is 12.4 Å². The zero-order valence-corrected chi connectivity index (χ0v) is 8.34. The van der Waals surface area contributed by atoms with E-state index in [2.05, 4.69) is 4.98 Å². The third kappa shape index (κ3) is 8.48. The van der Waals surface area contributed by atoms with Gasteiger partial charge in [-0.1, -0.05) is 0 Å². The molecule has 0 aromatic carbocycles. The Morgan fingerprint density at radius 3 is 2.43 bits per heavy atom. The summed E-state index contributed by atoms with van der Waals surface area (Å²) in [4.78, 5) is 15.1. The molecule has 0 unspecified atom stereocenters. The van der Waals surface area contributed by atoms with Crippen LogP contribution in [0.3, 0.4) is 0 Å². The van der Waals surface area contributed by atoms with Crippen molar-refractivity contribution in [2.24, 2.45) is 0 Å². The number of hydrogen-bond donors (Lipinski definition) is 2. The van der Waals surface area contributed by atoms with E-state index >= 15 is 0 Å². The molecule has 14 heavy (non-hydrogen) atoms. The molecule has 0 amide bonds. The Bertz CT molecular complexity index is 262. The first-order valence-electron chi connectivity index (χ1n) is 4.04. The van der Waals surface area contributed by atoms with E-state index in [9.17, 15) is 4.79 Å². The average molecular weight is 197 g/mol. The number of nitrogens with zero attached hydrogens (tertiary/aromatic N) is 2. The van der Waals surface area contributed by atoms with Gasteiger partial charge in [-0.3, -0.25) is 14.7 Å². The van der Waals surface area contributed by atoms with E-state index in [0.29, 0.717) is 5.69 Å². The van der Waals surface area contributed by atoms with Gasteiger partial charge in [-0.2, -0.15) is 0 Å². The molecule has 0 aliphatic rings. The Morgan fingerprint density at radius 2 is 2.29 bits per heavy atom. The number of carboxylic acids is 1. The van der Waals surface area contributed by atoms with Crippen molar-refractivity contribution in [2.45, 2.75) is 0 Å². The molecule has 3 N–H and O–H groups in total. The third-order valence-electron chi connectivity index (χ3n) is 1.14. The lowest BCUT2D eigenvalue weighted by Crippen LogP contribution is -2.20. The van der Waals surface area contributed by atoms with Crippen LogP contribution in [0.15, 0.2) is 24.5 Å². The Kier molecular flexibility index (Phi) is 6.06. The lowest BCUT2D eigenvalue weighted by molar-refractivity contribution is -0.137. The van der Waals surface area contributed by atoms with Crippen molar-refractivity contribution in [1.82, 2.24) is 9.88 Å². The van der Waals surface area contributed by atoms with Gasteiger partial charge in [-0.05, 0) is 26.2 Å². The first-order chi connectivity index (χ1) is 6.52. The van der Waals surface area contributed by atoms with Crippen molar-refractivity contribution in [3.63, 3.8) is 0 Å². The van der Waals surface area contributed by atoms with Crippen LogP contribution in [-0.4, -0.2) is 41.6 Å². The Labute approximate surface area is 83.2 Å². The SMILES string of the molecule is CN(C)CC(=O)O.Nc1cccnc1. The van der Waals surface area contributed by atoms with Gasteiger partial charge in [-0.25, -0.2) is 0 Å². The standard InChI is InChI=1S/C5H6N2.C4H9NO2/c6-5-2-1-3-7-4-5;1-5(2)3-4(6)7/h1-4H,6H2;3H2,1-2H3,(H,6,7). The maximum atomic E-state index is 9.77. The molecule has 0 fully saturated rings. The maximum absolute atomic E-state index is 9.77. The first kappa shape index (κ1) is 12.4. The number of nitrogen functional groups attached to an aromatic ring is 1. The number of likely N-dealkylation sites (N-methyl/N-ethyl adjacent to an activating group) is 1. The summed E-state index contributed by atoms with van der Waals surface area (Å²) in [5, 5.41) is 8.04. The molecule has 1 heterocycles. The lowest BCUT2D eigenvalue weighted by atomic mass is 10.4. The fourth-order valence-electron chi connectivity index (χ4n) is 0.646. The largest absolute Gasteiger partial charge is 0.480 e. The van der Waals surface area contributed by atoms with E-state index in [1.54, 1.807) is 43.5 Å². The van der Waals surface area contributed by atoms with E-state index in [-0.39, 0.29) is 6.54 Å². The number of carbonyl (C=O) groups is 1. The van der Waals surface area contributed by atoms with Crippen molar-refractivity contribution in [1.29, 1.82) is 0 Å². The fourth-order valence-corrected chi connectivity index (χ4v) is 0.646. The molecule has 5 nitrogen and oxygen atoms in total. The van der Waals surface area contributed by atoms with Crippen LogP contribution in [0.25, 0.3) is 0 Å². The van der Waals surface area contributed by atoms with E-state index in [4.69, 9.17) is 10.8 Å². The Morgan fingerprint density at radius 1 is 1.64 bits per heavy atom. The van der Waals surface area contributed by atoms with Gasteiger partial charge in [0.1, 0.15) is 0 Å². The Balaban J connectivity index is 0.000000241. The van der Waals surface area contributed by atoms with E-state index in [1.165, 1.54) is 0 Å². The summed E-state index contributed by atoms with van der Waals surface area (Å²) in [6, 6.07) is 3.60. The van der Waals surface area contributed by atoms with Crippen LogP contribution in [0.2, 0.25) is 0 Å². The molecule has 0 aliphatic heterocycles. The minimum Gasteiger partial charge on any atom is -0.480 e. The number of rotatable bonds is 2. The zero-order valence-electron chi connectivity index (χ0n) is 8.34. The summed E-state index contributed by atoms with van der Waals surface area (Å²) in [5.41, 5.74) is 6.01. The van der Waals surface area contributed by atoms with E-state index < -0.39 is 5.97 Å². The summed E-state index contributed by atoms with van der Waals surface area (Å²) in [6.45, 7) is 0.111. The second-order valence-corrected chi connectivity index (χ2v) is 2.92. The average Bonchev–Trinajstić information content (AvgIpc) is 2.03. The molecular formula is C9H15N3O2. The van der Waals surface area contributed by atoms with Crippen LogP contribution >= 0.6 is 0 Å².